The number of hydrogen-bond acceptors (Lipinski definition) is 5. The Morgan fingerprint density at radius 1 is 1.40 bits per heavy atom. The monoisotopic (exact) mass is 386 g/mol. The minimum absolute atomic E-state index is 0.0667. The SMILES string of the molecule is CC(C)(C)OC(=O)NCC[C@@H](CO)N1CC(Sc2ccc(Cl)cc2)C1. The summed E-state index contributed by atoms with van der Waals surface area (Å²) in [5, 5.41) is 13.6. The Morgan fingerprint density at radius 3 is 2.60 bits per heavy atom. The fourth-order valence-electron chi connectivity index (χ4n) is 2.59. The number of rotatable bonds is 7. The molecule has 1 aliphatic rings. The van der Waals surface area contributed by atoms with Gasteiger partial charge in [-0.1, -0.05) is 11.6 Å². The molecule has 1 heterocycles. The van der Waals surface area contributed by atoms with Crippen molar-refractivity contribution in [3.8, 4) is 0 Å². The molecule has 2 rings (SSSR count). The van der Waals surface area contributed by atoms with Crippen LogP contribution in [0, 0.1) is 0 Å². The normalized spacial score (nSPS) is 17.0. The summed E-state index contributed by atoms with van der Waals surface area (Å²) < 4.78 is 5.21. The molecule has 1 fully saturated rings. The number of likely N-dealkylation sites (tertiary alicyclic amines) is 1. The van der Waals surface area contributed by atoms with Crippen LogP contribution in [-0.2, 0) is 4.74 Å². The van der Waals surface area contributed by atoms with E-state index in [2.05, 4.69) is 10.2 Å². The summed E-state index contributed by atoms with van der Waals surface area (Å²) in [4.78, 5) is 15.1. The standard InChI is InChI=1S/C18H27ClN2O3S/c1-18(2,3)24-17(23)20-9-8-14(12-22)21-10-16(11-21)25-15-6-4-13(19)5-7-15/h4-7,14,16,22H,8-12H2,1-3H3,(H,20,23)/t14-/m0/s1. The van der Waals surface area contributed by atoms with Gasteiger partial charge in [0.2, 0.25) is 0 Å². The third kappa shape index (κ3) is 7.05. The van der Waals surface area contributed by atoms with E-state index in [4.69, 9.17) is 16.3 Å². The fraction of sp³-hybridized carbons (Fsp3) is 0.611. The van der Waals surface area contributed by atoms with E-state index >= 15 is 0 Å². The minimum Gasteiger partial charge on any atom is -0.444 e. The fourth-order valence-corrected chi connectivity index (χ4v) is 3.93. The van der Waals surface area contributed by atoms with Crippen LogP contribution in [0.25, 0.3) is 0 Å². The summed E-state index contributed by atoms with van der Waals surface area (Å²) in [6.07, 6.45) is 0.289. The van der Waals surface area contributed by atoms with Crippen LogP contribution in [0.5, 0.6) is 0 Å². The molecule has 0 radical (unpaired) electrons. The zero-order chi connectivity index (χ0) is 18.4. The van der Waals surface area contributed by atoms with Gasteiger partial charge in [-0.25, -0.2) is 4.79 Å². The average molecular weight is 387 g/mol. The first-order valence-corrected chi connectivity index (χ1v) is 9.76. The smallest absolute Gasteiger partial charge is 0.407 e. The van der Waals surface area contributed by atoms with E-state index in [9.17, 15) is 9.90 Å². The van der Waals surface area contributed by atoms with Crippen molar-refractivity contribution in [2.75, 3.05) is 26.2 Å². The van der Waals surface area contributed by atoms with E-state index in [1.165, 1.54) is 4.90 Å². The van der Waals surface area contributed by atoms with E-state index in [0.29, 0.717) is 18.2 Å². The molecule has 2 N–H and O–H groups in total. The molecule has 1 aliphatic heterocycles. The largest absolute Gasteiger partial charge is 0.444 e. The molecular weight excluding hydrogens is 360 g/mol. The third-order valence-corrected chi connectivity index (χ3v) is 5.29. The van der Waals surface area contributed by atoms with Crippen LogP contribution >= 0.6 is 23.4 Å². The Labute approximate surface area is 159 Å². The van der Waals surface area contributed by atoms with Gasteiger partial charge in [0.05, 0.1) is 6.61 Å². The topological polar surface area (TPSA) is 61.8 Å². The number of halogens is 1. The number of aliphatic hydroxyl groups is 1. The number of alkyl carbamates (subject to hydrolysis) is 1. The lowest BCUT2D eigenvalue weighted by atomic mass is 10.1. The summed E-state index contributed by atoms with van der Waals surface area (Å²) in [7, 11) is 0. The van der Waals surface area contributed by atoms with Crippen LogP contribution in [-0.4, -0.2) is 59.2 Å². The molecule has 0 saturated carbocycles. The van der Waals surface area contributed by atoms with Gasteiger partial charge in [-0.05, 0) is 51.5 Å². The van der Waals surface area contributed by atoms with Crippen molar-refractivity contribution in [2.24, 2.45) is 0 Å². The average Bonchev–Trinajstić information content (AvgIpc) is 2.48. The predicted octanol–water partition coefficient (Wildman–Crippen LogP) is 3.39. The quantitative estimate of drug-likeness (QED) is 0.752. The second-order valence-corrected chi connectivity index (χ2v) is 9.01. The number of carbonyl (C=O) groups is 1. The Hall–Kier alpha value is -0.950. The molecule has 0 bridgehead atoms. The first kappa shape index (κ1) is 20.4. The van der Waals surface area contributed by atoms with Gasteiger partial charge in [-0.2, -0.15) is 0 Å². The van der Waals surface area contributed by atoms with Gasteiger partial charge in [0.25, 0.3) is 0 Å². The molecule has 0 unspecified atom stereocenters. The number of nitrogens with one attached hydrogen (secondary N) is 1. The minimum atomic E-state index is -0.496. The van der Waals surface area contributed by atoms with Gasteiger partial charge in [0.15, 0.2) is 0 Å². The first-order valence-electron chi connectivity index (χ1n) is 8.51. The highest BCUT2D eigenvalue weighted by Crippen LogP contribution is 2.31. The van der Waals surface area contributed by atoms with Crippen LogP contribution in [0.1, 0.15) is 27.2 Å². The number of thioether (sulfide) groups is 1. The molecule has 7 heteroatoms. The van der Waals surface area contributed by atoms with Crippen LogP contribution in [0.4, 0.5) is 4.79 Å². The lowest BCUT2D eigenvalue weighted by Gasteiger charge is -2.43. The van der Waals surface area contributed by atoms with E-state index < -0.39 is 11.7 Å². The number of carbonyl (C=O) groups excluding carboxylic acids is 1. The van der Waals surface area contributed by atoms with E-state index in [1.54, 1.807) is 0 Å². The molecule has 1 atom stereocenters. The second kappa shape index (κ2) is 9.12. The Morgan fingerprint density at radius 2 is 2.04 bits per heavy atom. The van der Waals surface area contributed by atoms with Crippen LogP contribution in [0.15, 0.2) is 29.2 Å². The Kier molecular flexibility index (Phi) is 7.43. The first-order chi connectivity index (χ1) is 11.8. The molecule has 1 aromatic carbocycles. The number of benzene rings is 1. The Bertz CT molecular complexity index is 556. The van der Waals surface area contributed by atoms with Gasteiger partial charge < -0.3 is 15.2 Å². The maximum Gasteiger partial charge on any atom is 0.407 e. The van der Waals surface area contributed by atoms with Gasteiger partial charge in [-0.3, -0.25) is 4.90 Å². The maximum absolute atomic E-state index is 11.6. The summed E-state index contributed by atoms with van der Waals surface area (Å²) in [6.45, 7) is 7.96. The number of nitrogens with zero attached hydrogens (tertiary/aromatic N) is 1. The van der Waals surface area contributed by atoms with Crippen molar-refractivity contribution in [1.29, 1.82) is 0 Å². The van der Waals surface area contributed by atoms with Gasteiger partial charge >= 0.3 is 6.09 Å². The summed E-state index contributed by atoms with van der Waals surface area (Å²) in [5.74, 6) is 0. The van der Waals surface area contributed by atoms with Gasteiger partial charge in [0.1, 0.15) is 5.60 Å². The molecule has 5 nitrogen and oxygen atoms in total. The number of aliphatic hydroxyl groups excluding tert-OH is 1. The third-order valence-electron chi connectivity index (χ3n) is 3.87. The highest BCUT2D eigenvalue weighted by Gasteiger charge is 2.32. The Balaban J connectivity index is 1.67. The predicted molar refractivity (Wildman–Crippen MR) is 102 cm³/mol. The van der Waals surface area contributed by atoms with Crippen molar-refractivity contribution in [1.82, 2.24) is 10.2 Å². The van der Waals surface area contributed by atoms with E-state index in [-0.39, 0.29) is 12.6 Å². The molecule has 1 aromatic rings. The molecule has 1 saturated heterocycles. The molecular formula is C18H27ClN2O3S. The highest BCUT2D eigenvalue weighted by atomic mass is 35.5. The van der Waals surface area contributed by atoms with Crippen molar-refractivity contribution < 1.29 is 14.6 Å². The molecule has 0 spiro atoms. The van der Waals surface area contributed by atoms with Crippen LogP contribution in [0.3, 0.4) is 0 Å². The zero-order valence-corrected chi connectivity index (χ0v) is 16.6. The number of ether oxygens (including phenoxy) is 1. The van der Waals surface area contributed by atoms with Crippen molar-refractivity contribution in [3.05, 3.63) is 29.3 Å². The lowest BCUT2D eigenvalue weighted by molar-refractivity contribution is 0.0490. The summed E-state index contributed by atoms with van der Waals surface area (Å²) >= 11 is 7.74. The highest BCUT2D eigenvalue weighted by molar-refractivity contribution is 8.00. The molecule has 1 amide bonds. The second-order valence-electron chi connectivity index (χ2n) is 7.20. The van der Waals surface area contributed by atoms with Crippen molar-refractivity contribution >= 4 is 29.5 Å². The summed E-state index contributed by atoms with van der Waals surface area (Å²) in [5.41, 5.74) is -0.496. The van der Waals surface area contributed by atoms with E-state index in [0.717, 1.165) is 18.1 Å². The zero-order valence-electron chi connectivity index (χ0n) is 15.0. The van der Waals surface area contributed by atoms with Crippen molar-refractivity contribution in [3.63, 3.8) is 0 Å². The lowest BCUT2D eigenvalue weighted by Crippen LogP contribution is -2.55. The number of hydrogen-bond donors (Lipinski definition) is 2. The molecule has 0 aliphatic carbocycles. The molecule has 25 heavy (non-hydrogen) atoms. The van der Waals surface area contributed by atoms with Gasteiger partial charge in [-0.15, -0.1) is 11.8 Å². The molecule has 140 valence electrons. The van der Waals surface area contributed by atoms with Crippen molar-refractivity contribution in [2.45, 2.75) is 49.0 Å². The maximum atomic E-state index is 11.6. The number of amides is 1. The van der Waals surface area contributed by atoms with Crippen LogP contribution < -0.4 is 5.32 Å². The van der Waals surface area contributed by atoms with Crippen LogP contribution in [0.2, 0.25) is 5.02 Å². The van der Waals surface area contributed by atoms with E-state index in [1.807, 2.05) is 56.8 Å². The summed E-state index contributed by atoms with van der Waals surface area (Å²) in [6, 6.07) is 7.93. The molecule has 0 aromatic heterocycles. The van der Waals surface area contributed by atoms with Gasteiger partial charge in [0, 0.05) is 40.8 Å².